The van der Waals surface area contributed by atoms with Crippen LogP contribution in [0.15, 0.2) is 15.9 Å². The third kappa shape index (κ3) is 2.52. The van der Waals surface area contributed by atoms with Gasteiger partial charge in [0.15, 0.2) is 0 Å². The molecule has 90 valence electrons. The van der Waals surface area contributed by atoms with Crippen molar-refractivity contribution in [3.05, 3.63) is 20.8 Å². The lowest BCUT2D eigenvalue weighted by molar-refractivity contribution is 0.00589. The molecule has 1 aliphatic carbocycles. The number of aliphatic hydroxyl groups excluding tert-OH is 1. The molecule has 1 saturated carbocycles. The van der Waals surface area contributed by atoms with Crippen LogP contribution in [0.1, 0.15) is 50.5 Å². The van der Waals surface area contributed by atoms with Gasteiger partial charge in [-0.3, -0.25) is 0 Å². The van der Waals surface area contributed by atoms with E-state index >= 15 is 0 Å². The maximum absolute atomic E-state index is 10.5. The van der Waals surface area contributed by atoms with Crippen molar-refractivity contribution in [2.75, 3.05) is 0 Å². The van der Waals surface area contributed by atoms with Gasteiger partial charge in [0.1, 0.15) is 0 Å². The van der Waals surface area contributed by atoms with Gasteiger partial charge in [0, 0.05) is 4.88 Å². The lowest BCUT2D eigenvalue weighted by Crippen LogP contribution is -2.32. The first-order valence-corrected chi connectivity index (χ1v) is 7.55. The fraction of sp³-hybridized carbons (Fsp3) is 0.692. The lowest BCUT2D eigenvalue weighted by atomic mass is 9.66. The average molecular weight is 303 g/mol. The van der Waals surface area contributed by atoms with E-state index in [0.717, 1.165) is 15.1 Å². The Morgan fingerprint density at radius 2 is 2.19 bits per heavy atom. The summed E-state index contributed by atoms with van der Waals surface area (Å²) in [5, 5.41) is 10.5. The largest absolute Gasteiger partial charge is 0.387 e. The van der Waals surface area contributed by atoms with Gasteiger partial charge < -0.3 is 5.11 Å². The Labute approximate surface area is 110 Å². The van der Waals surface area contributed by atoms with Crippen LogP contribution < -0.4 is 0 Å². The summed E-state index contributed by atoms with van der Waals surface area (Å²) in [7, 11) is 0. The SMILES string of the molecule is CC1(C)CCCCC1C(O)c1ccc(Br)s1. The normalized spacial score (nSPS) is 26.6. The molecule has 1 nitrogen and oxygen atoms in total. The highest BCUT2D eigenvalue weighted by Gasteiger charge is 2.37. The summed E-state index contributed by atoms with van der Waals surface area (Å²) in [6.07, 6.45) is 4.68. The second-order valence-corrected chi connectivity index (χ2v) is 7.92. The molecule has 16 heavy (non-hydrogen) atoms. The van der Waals surface area contributed by atoms with E-state index in [-0.39, 0.29) is 11.5 Å². The molecule has 0 aromatic carbocycles. The highest BCUT2D eigenvalue weighted by molar-refractivity contribution is 9.11. The molecular formula is C13H19BrOS. The molecule has 1 N–H and O–H groups in total. The standard InChI is InChI=1S/C13H19BrOS/c1-13(2)8-4-3-5-9(13)12(15)10-6-7-11(14)16-10/h6-7,9,12,15H,3-5,8H2,1-2H3. The maximum atomic E-state index is 10.5. The van der Waals surface area contributed by atoms with Gasteiger partial charge in [0.25, 0.3) is 0 Å². The van der Waals surface area contributed by atoms with Crippen LogP contribution in [-0.4, -0.2) is 5.11 Å². The first kappa shape index (κ1) is 12.6. The first-order valence-electron chi connectivity index (χ1n) is 5.94. The van der Waals surface area contributed by atoms with E-state index in [2.05, 4.69) is 29.8 Å². The van der Waals surface area contributed by atoms with E-state index in [4.69, 9.17) is 0 Å². The number of hydrogen-bond donors (Lipinski definition) is 1. The molecular weight excluding hydrogens is 284 g/mol. The predicted molar refractivity (Wildman–Crippen MR) is 72.7 cm³/mol. The lowest BCUT2D eigenvalue weighted by Gasteiger charge is -2.41. The third-order valence-electron chi connectivity index (χ3n) is 3.86. The van der Waals surface area contributed by atoms with E-state index < -0.39 is 0 Å². The molecule has 0 aliphatic heterocycles. The number of hydrogen-bond acceptors (Lipinski definition) is 2. The Balaban J connectivity index is 2.17. The molecule has 2 unspecified atom stereocenters. The van der Waals surface area contributed by atoms with Gasteiger partial charge in [-0.05, 0) is 52.2 Å². The summed E-state index contributed by atoms with van der Waals surface area (Å²) >= 11 is 5.12. The van der Waals surface area contributed by atoms with E-state index in [1.165, 1.54) is 19.3 Å². The highest BCUT2D eigenvalue weighted by atomic mass is 79.9. The summed E-state index contributed by atoms with van der Waals surface area (Å²) < 4.78 is 1.11. The van der Waals surface area contributed by atoms with Crippen molar-refractivity contribution in [1.82, 2.24) is 0 Å². The fourth-order valence-corrected chi connectivity index (χ4v) is 4.27. The molecule has 0 radical (unpaired) electrons. The van der Waals surface area contributed by atoms with E-state index in [0.29, 0.717) is 5.92 Å². The monoisotopic (exact) mass is 302 g/mol. The van der Waals surface area contributed by atoms with E-state index in [1.54, 1.807) is 11.3 Å². The highest BCUT2D eigenvalue weighted by Crippen LogP contribution is 2.47. The molecule has 0 spiro atoms. The average Bonchev–Trinajstić information content (AvgIpc) is 2.63. The van der Waals surface area contributed by atoms with Crippen LogP contribution >= 0.6 is 27.3 Å². The van der Waals surface area contributed by atoms with Gasteiger partial charge >= 0.3 is 0 Å². The van der Waals surface area contributed by atoms with Crippen LogP contribution in [0.4, 0.5) is 0 Å². The van der Waals surface area contributed by atoms with Crippen LogP contribution in [0.2, 0.25) is 0 Å². The van der Waals surface area contributed by atoms with Gasteiger partial charge in [0.05, 0.1) is 9.89 Å². The van der Waals surface area contributed by atoms with Crippen LogP contribution in [-0.2, 0) is 0 Å². The minimum atomic E-state index is -0.286. The van der Waals surface area contributed by atoms with Crippen molar-refractivity contribution < 1.29 is 5.11 Å². The minimum absolute atomic E-state index is 0.272. The zero-order valence-electron chi connectivity index (χ0n) is 9.87. The van der Waals surface area contributed by atoms with Crippen molar-refractivity contribution in [2.45, 2.75) is 45.6 Å². The Hall–Kier alpha value is 0.140. The summed E-state index contributed by atoms with van der Waals surface area (Å²) in [6, 6.07) is 4.07. The van der Waals surface area contributed by atoms with E-state index in [9.17, 15) is 5.11 Å². The number of aliphatic hydroxyl groups is 1. The summed E-state index contributed by atoms with van der Waals surface area (Å²) in [6.45, 7) is 4.59. The summed E-state index contributed by atoms with van der Waals surface area (Å²) in [4.78, 5) is 1.10. The Kier molecular flexibility index (Phi) is 3.77. The van der Waals surface area contributed by atoms with Gasteiger partial charge in [-0.25, -0.2) is 0 Å². The Morgan fingerprint density at radius 1 is 1.44 bits per heavy atom. The van der Waals surface area contributed by atoms with Crippen molar-refractivity contribution in [2.24, 2.45) is 11.3 Å². The number of halogens is 1. The van der Waals surface area contributed by atoms with Crippen molar-refractivity contribution >= 4 is 27.3 Å². The fourth-order valence-electron chi connectivity index (χ4n) is 2.79. The van der Waals surface area contributed by atoms with Crippen molar-refractivity contribution in [3.8, 4) is 0 Å². The zero-order valence-corrected chi connectivity index (χ0v) is 12.3. The molecule has 0 amide bonds. The summed E-state index contributed by atoms with van der Waals surface area (Å²) in [5.41, 5.74) is 0.272. The molecule has 2 atom stereocenters. The van der Waals surface area contributed by atoms with Crippen LogP contribution in [0, 0.1) is 11.3 Å². The molecule has 1 heterocycles. The van der Waals surface area contributed by atoms with Gasteiger partial charge in [-0.2, -0.15) is 0 Å². The predicted octanol–water partition coefficient (Wildman–Crippen LogP) is 4.76. The second kappa shape index (κ2) is 4.79. The molecule has 1 aromatic heterocycles. The van der Waals surface area contributed by atoms with Gasteiger partial charge in [-0.1, -0.05) is 26.7 Å². The molecule has 2 rings (SSSR count). The minimum Gasteiger partial charge on any atom is -0.387 e. The molecule has 0 bridgehead atoms. The third-order valence-corrected chi connectivity index (χ3v) is 5.55. The molecule has 3 heteroatoms. The number of thiophene rings is 1. The van der Waals surface area contributed by atoms with Gasteiger partial charge in [-0.15, -0.1) is 11.3 Å². The Bertz CT molecular complexity index is 359. The molecule has 1 aliphatic rings. The smallest absolute Gasteiger partial charge is 0.0915 e. The van der Waals surface area contributed by atoms with Gasteiger partial charge in [0.2, 0.25) is 0 Å². The topological polar surface area (TPSA) is 20.2 Å². The zero-order chi connectivity index (χ0) is 11.8. The van der Waals surface area contributed by atoms with Crippen molar-refractivity contribution in [1.29, 1.82) is 0 Å². The molecule has 1 aromatic rings. The van der Waals surface area contributed by atoms with Crippen LogP contribution in [0.25, 0.3) is 0 Å². The molecule has 1 fully saturated rings. The van der Waals surface area contributed by atoms with E-state index in [1.807, 2.05) is 12.1 Å². The maximum Gasteiger partial charge on any atom is 0.0915 e. The quantitative estimate of drug-likeness (QED) is 0.835. The second-order valence-electron chi connectivity index (χ2n) is 5.43. The number of rotatable bonds is 2. The summed E-state index contributed by atoms with van der Waals surface area (Å²) in [5.74, 6) is 0.409. The van der Waals surface area contributed by atoms with Crippen molar-refractivity contribution in [3.63, 3.8) is 0 Å². The first-order chi connectivity index (χ1) is 7.50. The Morgan fingerprint density at radius 3 is 2.75 bits per heavy atom. The van der Waals surface area contributed by atoms with Crippen LogP contribution in [0.5, 0.6) is 0 Å². The molecule has 0 saturated heterocycles. The van der Waals surface area contributed by atoms with Crippen LogP contribution in [0.3, 0.4) is 0 Å².